The van der Waals surface area contributed by atoms with Gasteiger partial charge in [0.25, 0.3) is 5.91 Å². The van der Waals surface area contributed by atoms with Gasteiger partial charge in [-0.05, 0) is 99.6 Å². The molecule has 1 spiro atoms. The number of ether oxygens (including phenoxy) is 3. The Balaban J connectivity index is 1.16. The van der Waals surface area contributed by atoms with Crippen LogP contribution in [0.25, 0.3) is 0 Å². The molecule has 0 radical (unpaired) electrons. The zero-order valence-electron chi connectivity index (χ0n) is 30.5. The van der Waals surface area contributed by atoms with Crippen molar-refractivity contribution in [3.8, 4) is 0 Å². The standard InChI is InChI=1S/C38H61N3O7Si/c1-25-35(49(3,4)30-17-15-29(46-2)16-18-30)33(22-34(43)39-19-7-8-28(39)24-42)48-38(25)31-9-5-6-10-32(31)41(36(38)44)23-26-11-13-27(14-12-26)40-20-21-47-37(40)45/h25-30,33,35,42H,5-24H2,1-4H3/t25-,26?,27?,28+,29?,30?,33+,35-,38+/m1/s1. The van der Waals surface area contributed by atoms with Crippen molar-refractivity contribution >= 4 is 26.0 Å². The highest BCUT2D eigenvalue weighted by molar-refractivity contribution is 6.80. The summed E-state index contributed by atoms with van der Waals surface area (Å²) in [6, 6.07) is 0.122. The van der Waals surface area contributed by atoms with E-state index in [1.165, 1.54) is 11.3 Å². The smallest absolute Gasteiger partial charge is 0.410 e. The number of aliphatic hydroxyl groups excluding tert-OH is 1. The molecule has 2 saturated carbocycles. The lowest BCUT2D eigenvalue weighted by atomic mass is 9.78. The van der Waals surface area contributed by atoms with E-state index in [1.54, 1.807) is 0 Å². The van der Waals surface area contributed by atoms with Gasteiger partial charge >= 0.3 is 6.09 Å². The molecule has 5 atom stereocenters. The Labute approximate surface area is 294 Å². The number of cyclic esters (lactones) is 1. The van der Waals surface area contributed by atoms with Crippen molar-refractivity contribution in [1.29, 1.82) is 0 Å². The fraction of sp³-hybridized carbons (Fsp3) is 0.868. The van der Waals surface area contributed by atoms with Crippen molar-refractivity contribution in [2.75, 3.05) is 40.0 Å². The van der Waals surface area contributed by atoms with Gasteiger partial charge in [0.15, 0.2) is 5.60 Å². The molecule has 274 valence electrons. The highest BCUT2D eigenvalue weighted by atomic mass is 28.3. The van der Waals surface area contributed by atoms with Crippen molar-refractivity contribution in [1.82, 2.24) is 14.7 Å². The van der Waals surface area contributed by atoms with Gasteiger partial charge in [-0.25, -0.2) is 4.79 Å². The Kier molecular flexibility index (Phi) is 10.3. The predicted octanol–water partition coefficient (Wildman–Crippen LogP) is 5.85. The van der Waals surface area contributed by atoms with Gasteiger partial charge < -0.3 is 34.0 Å². The van der Waals surface area contributed by atoms with Crippen molar-refractivity contribution < 1.29 is 33.7 Å². The van der Waals surface area contributed by atoms with Crippen molar-refractivity contribution in [2.45, 2.75) is 157 Å². The molecule has 10 nitrogen and oxygen atoms in total. The Bertz CT molecular complexity index is 1290. The van der Waals surface area contributed by atoms with E-state index in [0.29, 0.717) is 37.3 Å². The number of carbonyl (C=O) groups excluding carboxylic acids is 3. The molecule has 7 aliphatic rings. The molecule has 5 fully saturated rings. The first-order valence-corrected chi connectivity index (χ1v) is 22.8. The summed E-state index contributed by atoms with van der Waals surface area (Å²) in [6.07, 6.45) is 14.2. The van der Waals surface area contributed by atoms with E-state index in [4.69, 9.17) is 14.2 Å². The molecule has 0 bridgehead atoms. The summed E-state index contributed by atoms with van der Waals surface area (Å²) in [5.74, 6) is 0.584. The second-order valence-electron chi connectivity index (χ2n) is 17.0. The summed E-state index contributed by atoms with van der Waals surface area (Å²) >= 11 is 0. The third-order valence-corrected chi connectivity index (χ3v) is 19.7. The molecule has 7 rings (SSSR count). The van der Waals surface area contributed by atoms with Crippen LogP contribution in [0.3, 0.4) is 0 Å². The lowest BCUT2D eigenvalue weighted by Crippen LogP contribution is -2.51. The van der Waals surface area contributed by atoms with Crippen LogP contribution in [0, 0.1) is 11.8 Å². The normalized spacial score (nSPS) is 38.6. The van der Waals surface area contributed by atoms with Gasteiger partial charge in [0.2, 0.25) is 5.91 Å². The van der Waals surface area contributed by atoms with Crippen LogP contribution >= 0.6 is 0 Å². The minimum atomic E-state index is -2.08. The molecule has 3 amide bonds. The van der Waals surface area contributed by atoms with Crippen LogP contribution in [0.2, 0.25) is 24.2 Å². The number of hydrogen-bond acceptors (Lipinski definition) is 7. The molecule has 11 heteroatoms. The molecule has 4 heterocycles. The summed E-state index contributed by atoms with van der Waals surface area (Å²) in [5.41, 5.74) is 2.20. The number of nitrogens with zero attached hydrogens (tertiary/aromatic N) is 3. The Morgan fingerprint density at radius 2 is 1.71 bits per heavy atom. The number of likely N-dealkylation sites (tertiary alicyclic amines) is 1. The van der Waals surface area contributed by atoms with Crippen molar-refractivity contribution in [3.05, 3.63) is 11.3 Å². The van der Waals surface area contributed by atoms with Gasteiger partial charge in [-0.1, -0.05) is 32.9 Å². The number of amides is 3. The first-order valence-electron chi connectivity index (χ1n) is 19.7. The van der Waals surface area contributed by atoms with E-state index >= 15 is 4.79 Å². The van der Waals surface area contributed by atoms with E-state index in [-0.39, 0.29) is 60.6 Å². The molecule has 49 heavy (non-hydrogen) atoms. The number of aliphatic hydroxyl groups is 1. The summed E-state index contributed by atoms with van der Waals surface area (Å²) in [7, 11) is -0.251. The lowest BCUT2D eigenvalue weighted by Gasteiger charge is -2.45. The summed E-state index contributed by atoms with van der Waals surface area (Å²) in [4.78, 5) is 47.4. The zero-order chi connectivity index (χ0) is 34.5. The SMILES string of the molecule is COC1CCC([Si](C)(C)[C@H]2[C@H](CC(=O)N3CCC[C@H]3CO)O[C@@]3(C(=O)N(CC4CCC(N5CCOC5=O)CC4)C4=C3CCCC4)[C@@H]2C)CC1. The average Bonchev–Trinajstić information content (AvgIpc) is 3.88. The van der Waals surface area contributed by atoms with Gasteiger partial charge in [-0.2, -0.15) is 0 Å². The Morgan fingerprint density at radius 1 is 0.980 bits per heavy atom. The zero-order valence-corrected chi connectivity index (χ0v) is 31.5. The van der Waals surface area contributed by atoms with Crippen LogP contribution in [0.1, 0.15) is 103 Å². The van der Waals surface area contributed by atoms with E-state index in [1.807, 2.05) is 16.9 Å². The number of carbonyl (C=O) groups is 3. The maximum atomic E-state index is 15.2. The first-order chi connectivity index (χ1) is 23.6. The third kappa shape index (κ3) is 6.20. The molecular weight excluding hydrogens is 639 g/mol. The number of allylic oxidation sites excluding steroid dienone is 1. The summed E-state index contributed by atoms with van der Waals surface area (Å²) in [5, 5.41) is 10.1. The number of methoxy groups -OCH3 is 1. The van der Waals surface area contributed by atoms with Gasteiger partial charge in [-0.3, -0.25) is 9.59 Å². The molecule has 3 aliphatic carbocycles. The van der Waals surface area contributed by atoms with Crippen molar-refractivity contribution in [3.63, 3.8) is 0 Å². The fourth-order valence-electron chi connectivity index (χ4n) is 11.7. The van der Waals surface area contributed by atoms with E-state index in [9.17, 15) is 14.7 Å². The topological polar surface area (TPSA) is 109 Å². The van der Waals surface area contributed by atoms with Gasteiger partial charge in [0.05, 0.1) is 45.9 Å². The molecule has 1 N–H and O–H groups in total. The quantitative estimate of drug-likeness (QED) is 0.301. The molecule has 0 aromatic rings. The highest BCUT2D eigenvalue weighted by Gasteiger charge is 2.67. The maximum absolute atomic E-state index is 15.2. The summed E-state index contributed by atoms with van der Waals surface area (Å²) in [6.45, 7) is 9.89. The average molecular weight is 700 g/mol. The van der Waals surface area contributed by atoms with Crippen LogP contribution in [0.5, 0.6) is 0 Å². The first kappa shape index (κ1) is 35.4. The predicted molar refractivity (Wildman–Crippen MR) is 188 cm³/mol. The molecule has 0 aromatic heterocycles. The Hall–Kier alpha value is -1.95. The van der Waals surface area contributed by atoms with Crippen LogP contribution in [0.15, 0.2) is 11.3 Å². The van der Waals surface area contributed by atoms with Gasteiger partial charge in [0, 0.05) is 37.9 Å². The van der Waals surface area contributed by atoms with E-state index < -0.39 is 13.7 Å². The third-order valence-electron chi connectivity index (χ3n) is 14.4. The number of hydrogen-bond donors (Lipinski definition) is 1. The maximum Gasteiger partial charge on any atom is 0.410 e. The second-order valence-corrected chi connectivity index (χ2v) is 22.2. The van der Waals surface area contributed by atoms with E-state index in [0.717, 1.165) is 96.4 Å². The van der Waals surface area contributed by atoms with Crippen LogP contribution in [-0.2, 0) is 23.8 Å². The van der Waals surface area contributed by atoms with E-state index in [2.05, 4.69) is 24.9 Å². The lowest BCUT2D eigenvalue weighted by molar-refractivity contribution is -0.152. The highest BCUT2D eigenvalue weighted by Crippen LogP contribution is 2.61. The summed E-state index contributed by atoms with van der Waals surface area (Å²) < 4.78 is 18.3. The molecule has 4 aliphatic heterocycles. The number of rotatable bonds is 9. The van der Waals surface area contributed by atoms with Crippen LogP contribution in [-0.4, -0.2) is 116 Å². The van der Waals surface area contributed by atoms with Gasteiger partial charge in [0.1, 0.15) is 6.61 Å². The molecule has 3 saturated heterocycles. The fourth-order valence-corrected chi connectivity index (χ4v) is 16.7. The Morgan fingerprint density at radius 3 is 2.39 bits per heavy atom. The molecule has 0 aromatic carbocycles. The monoisotopic (exact) mass is 699 g/mol. The van der Waals surface area contributed by atoms with Crippen LogP contribution < -0.4 is 0 Å². The molecule has 0 unspecified atom stereocenters. The minimum absolute atomic E-state index is 0.00224. The second kappa shape index (κ2) is 14.2. The van der Waals surface area contributed by atoms with Crippen LogP contribution in [0.4, 0.5) is 4.79 Å². The van der Waals surface area contributed by atoms with Gasteiger partial charge in [-0.15, -0.1) is 0 Å². The minimum Gasteiger partial charge on any atom is -0.448 e. The van der Waals surface area contributed by atoms with Crippen molar-refractivity contribution in [2.24, 2.45) is 11.8 Å². The molecular formula is C38H61N3O7Si. The largest absolute Gasteiger partial charge is 0.448 e. The number of fused-ring (bicyclic) bond motifs is 1.